The zero-order valence-corrected chi connectivity index (χ0v) is 15.7. The number of hydrogen-bond acceptors (Lipinski definition) is 6. The van der Waals surface area contributed by atoms with E-state index in [1.54, 1.807) is 12.1 Å². The molecule has 0 fully saturated rings. The fraction of sp³-hybridized carbons (Fsp3) is 0.250. The van der Waals surface area contributed by atoms with Crippen molar-refractivity contribution in [3.8, 4) is 0 Å². The Morgan fingerprint density at radius 2 is 1.92 bits per heavy atom. The molecule has 1 amide bonds. The number of carbonyl (C=O) groups excluding carboxylic acids is 1. The lowest BCUT2D eigenvalue weighted by Crippen LogP contribution is -2.30. The number of carbonyl (C=O) groups is 2. The Labute approximate surface area is 154 Å². The standard InChI is InChI=1S/C16H18N2O6S2/c1-9-14(26(17,22)23)8-13(24-9)16(21)18-12(7-15(19)20)10-3-5-11(25-2)6-4-10/h3-6,8,12H,7H2,1-2H3,(H,18,21)(H,19,20)(H2,17,22,23). The number of carboxylic acids is 1. The van der Waals surface area contributed by atoms with Crippen molar-refractivity contribution in [2.45, 2.75) is 29.2 Å². The number of primary sulfonamides is 1. The molecule has 4 N–H and O–H groups in total. The first-order valence-electron chi connectivity index (χ1n) is 7.41. The van der Waals surface area contributed by atoms with Gasteiger partial charge in [-0.05, 0) is 30.9 Å². The molecule has 0 aliphatic heterocycles. The van der Waals surface area contributed by atoms with Gasteiger partial charge in [0.25, 0.3) is 5.91 Å². The van der Waals surface area contributed by atoms with E-state index in [4.69, 9.17) is 14.7 Å². The highest BCUT2D eigenvalue weighted by atomic mass is 32.2. The second-order valence-corrected chi connectivity index (χ2v) is 7.88. The Balaban J connectivity index is 2.27. The molecule has 1 aromatic carbocycles. The molecule has 8 nitrogen and oxygen atoms in total. The van der Waals surface area contributed by atoms with E-state index in [1.165, 1.54) is 18.7 Å². The molecule has 0 aliphatic carbocycles. The molecule has 0 bridgehead atoms. The summed E-state index contributed by atoms with van der Waals surface area (Å²) in [6.45, 7) is 1.37. The number of carboxylic acid groups (broad SMARTS) is 1. The largest absolute Gasteiger partial charge is 0.481 e. The van der Waals surface area contributed by atoms with Crippen molar-refractivity contribution in [2.24, 2.45) is 5.14 Å². The monoisotopic (exact) mass is 398 g/mol. The summed E-state index contributed by atoms with van der Waals surface area (Å²) >= 11 is 1.53. The van der Waals surface area contributed by atoms with E-state index < -0.39 is 27.9 Å². The molecule has 1 heterocycles. The van der Waals surface area contributed by atoms with E-state index >= 15 is 0 Å². The van der Waals surface area contributed by atoms with Gasteiger partial charge in [-0.25, -0.2) is 13.6 Å². The van der Waals surface area contributed by atoms with Crippen molar-refractivity contribution in [1.29, 1.82) is 0 Å². The molecule has 1 atom stereocenters. The lowest BCUT2D eigenvalue weighted by Gasteiger charge is -2.17. The fourth-order valence-electron chi connectivity index (χ4n) is 2.35. The number of amides is 1. The van der Waals surface area contributed by atoms with E-state index in [1.807, 2.05) is 18.4 Å². The van der Waals surface area contributed by atoms with Gasteiger partial charge in [-0.3, -0.25) is 9.59 Å². The van der Waals surface area contributed by atoms with Crippen LogP contribution >= 0.6 is 11.8 Å². The van der Waals surface area contributed by atoms with Crippen LogP contribution in [0.2, 0.25) is 0 Å². The molecular formula is C16H18N2O6S2. The van der Waals surface area contributed by atoms with Gasteiger partial charge in [0, 0.05) is 11.0 Å². The number of benzene rings is 1. The van der Waals surface area contributed by atoms with Crippen molar-refractivity contribution in [2.75, 3.05) is 6.26 Å². The van der Waals surface area contributed by atoms with Gasteiger partial charge in [0.15, 0.2) is 5.76 Å². The normalized spacial score (nSPS) is 12.6. The minimum Gasteiger partial charge on any atom is -0.481 e. The summed E-state index contributed by atoms with van der Waals surface area (Å²) in [5.41, 5.74) is 0.605. The van der Waals surface area contributed by atoms with Crippen LogP contribution in [-0.4, -0.2) is 31.7 Å². The quantitative estimate of drug-likeness (QED) is 0.605. The number of nitrogens with one attached hydrogen (secondary N) is 1. The average Bonchev–Trinajstić information content (AvgIpc) is 2.96. The summed E-state index contributed by atoms with van der Waals surface area (Å²) in [4.78, 5) is 24.2. The molecular weight excluding hydrogens is 380 g/mol. The van der Waals surface area contributed by atoms with Gasteiger partial charge in [0.1, 0.15) is 10.7 Å². The summed E-state index contributed by atoms with van der Waals surface area (Å²) in [6.07, 6.45) is 1.57. The summed E-state index contributed by atoms with van der Waals surface area (Å²) in [6, 6.07) is 7.30. The Bertz CT molecular complexity index is 919. The number of furan rings is 1. The lowest BCUT2D eigenvalue weighted by atomic mass is 10.0. The van der Waals surface area contributed by atoms with Crippen LogP contribution in [0.1, 0.15) is 34.3 Å². The number of thioether (sulfide) groups is 1. The van der Waals surface area contributed by atoms with Gasteiger partial charge in [-0.2, -0.15) is 0 Å². The Hall–Kier alpha value is -2.30. The minimum absolute atomic E-state index is 0.0169. The van der Waals surface area contributed by atoms with Crippen molar-refractivity contribution in [1.82, 2.24) is 5.32 Å². The van der Waals surface area contributed by atoms with Crippen LogP contribution < -0.4 is 10.5 Å². The predicted molar refractivity (Wildman–Crippen MR) is 95.5 cm³/mol. The highest BCUT2D eigenvalue weighted by Crippen LogP contribution is 2.23. The Kier molecular flexibility index (Phi) is 6.11. The summed E-state index contributed by atoms with van der Waals surface area (Å²) in [7, 11) is -4.02. The van der Waals surface area contributed by atoms with E-state index in [-0.39, 0.29) is 22.8 Å². The lowest BCUT2D eigenvalue weighted by molar-refractivity contribution is -0.137. The topological polar surface area (TPSA) is 140 Å². The van der Waals surface area contributed by atoms with Gasteiger partial charge < -0.3 is 14.8 Å². The molecule has 140 valence electrons. The van der Waals surface area contributed by atoms with E-state index in [2.05, 4.69) is 5.32 Å². The molecule has 0 spiro atoms. The molecule has 0 radical (unpaired) electrons. The molecule has 2 rings (SSSR count). The average molecular weight is 398 g/mol. The number of aliphatic carboxylic acids is 1. The zero-order valence-electron chi connectivity index (χ0n) is 14.1. The van der Waals surface area contributed by atoms with Crippen LogP contribution in [0.3, 0.4) is 0 Å². The molecule has 0 saturated heterocycles. The minimum atomic E-state index is -4.02. The van der Waals surface area contributed by atoms with Crippen molar-refractivity contribution >= 4 is 33.7 Å². The van der Waals surface area contributed by atoms with Gasteiger partial charge in [0.2, 0.25) is 10.0 Å². The third-order valence-electron chi connectivity index (χ3n) is 3.60. The Morgan fingerprint density at radius 1 is 1.31 bits per heavy atom. The van der Waals surface area contributed by atoms with E-state index in [9.17, 15) is 18.0 Å². The zero-order chi connectivity index (χ0) is 19.5. The van der Waals surface area contributed by atoms with Crippen LogP contribution in [0.25, 0.3) is 0 Å². The fourth-order valence-corrected chi connectivity index (χ4v) is 3.47. The highest BCUT2D eigenvalue weighted by molar-refractivity contribution is 7.98. The molecule has 0 saturated carbocycles. The molecule has 1 unspecified atom stereocenters. The molecule has 26 heavy (non-hydrogen) atoms. The Morgan fingerprint density at radius 3 is 2.38 bits per heavy atom. The molecule has 2 aromatic rings. The molecule has 0 aliphatic rings. The third-order valence-corrected chi connectivity index (χ3v) is 5.37. The summed E-state index contributed by atoms with van der Waals surface area (Å²) in [5, 5.41) is 16.7. The number of sulfonamides is 1. The molecule has 10 heteroatoms. The van der Waals surface area contributed by atoms with Crippen LogP contribution in [-0.2, 0) is 14.8 Å². The highest BCUT2D eigenvalue weighted by Gasteiger charge is 2.24. The van der Waals surface area contributed by atoms with Crippen LogP contribution in [0.15, 0.2) is 44.5 Å². The summed E-state index contributed by atoms with van der Waals surface area (Å²) in [5.74, 6) is -2.10. The first-order valence-corrected chi connectivity index (χ1v) is 10.2. The van der Waals surface area contributed by atoms with Crippen molar-refractivity contribution in [3.05, 3.63) is 47.4 Å². The SMILES string of the molecule is CSc1ccc(C(CC(=O)O)NC(=O)c2cc(S(N)(=O)=O)c(C)o2)cc1. The summed E-state index contributed by atoms with van der Waals surface area (Å²) < 4.78 is 28.1. The first-order chi connectivity index (χ1) is 12.1. The number of hydrogen-bond donors (Lipinski definition) is 3. The van der Waals surface area contributed by atoms with Gasteiger partial charge >= 0.3 is 5.97 Å². The van der Waals surface area contributed by atoms with Crippen LogP contribution in [0.4, 0.5) is 0 Å². The van der Waals surface area contributed by atoms with Crippen LogP contribution in [0.5, 0.6) is 0 Å². The first kappa shape index (κ1) is 20.0. The second-order valence-electron chi connectivity index (χ2n) is 5.47. The third kappa shape index (κ3) is 4.87. The maximum absolute atomic E-state index is 12.4. The number of aryl methyl sites for hydroxylation is 1. The second kappa shape index (κ2) is 7.94. The van der Waals surface area contributed by atoms with E-state index in [0.29, 0.717) is 5.56 Å². The van der Waals surface area contributed by atoms with Crippen LogP contribution in [0, 0.1) is 6.92 Å². The molecule has 1 aromatic heterocycles. The van der Waals surface area contributed by atoms with E-state index in [0.717, 1.165) is 11.0 Å². The van der Waals surface area contributed by atoms with Gasteiger partial charge in [-0.15, -0.1) is 11.8 Å². The maximum Gasteiger partial charge on any atom is 0.305 e. The predicted octanol–water partition coefficient (Wildman–Crippen LogP) is 1.90. The smallest absolute Gasteiger partial charge is 0.305 e. The number of nitrogens with two attached hydrogens (primary N) is 1. The maximum atomic E-state index is 12.4. The van der Waals surface area contributed by atoms with Crippen molar-refractivity contribution < 1.29 is 27.5 Å². The van der Waals surface area contributed by atoms with Gasteiger partial charge in [-0.1, -0.05) is 12.1 Å². The van der Waals surface area contributed by atoms with Gasteiger partial charge in [0.05, 0.1) is 12.5 Å². The van der Waals surface area contributed by atoms with Crippen molar-refractivity contribution in [3.63, 3.8) is 0 Å². The number of rotatable bonds is 7.